The summed E-state index contributed by atoms with van der Waals surface area (Å²) >= 11 is 0. The van der Waals surface area contributed by atoms with E-state index in [2.05, 4.69) is 4.74 Å². The van der Waals surface area contributed by atoms with Gasteiger partial charge in [-0.05, 0) is 12.1 Å². The van der Waals surface area contributed by atoms with Crippen molar-refractivity contribution in [3.8, 4) is 11.8 Å². The number of benzene rings is 1. The molecular formula is C9H6ClF3N2O3S. The average molecular weight is 315 g/mol. The SMILES string of the molecule is N#Cc1ccc(S(=O)(=O)Cl)c(OC(F)(F)F)c1CN. The van der Waals surface area contributed by atoms with E-state index in [4.69, 9.17) is 21.7 Å². The van der Waals surface area contributed by atoms with Gasteiger partial charge >= 0.3 is 6.36 Å². The number of nitrogens with zero attached hydrogens (tertiary/aromatic N) is 1. The van der Waals surface area contributed by atoms with Crippen LogP contribution in [0.5, 0.6) is 5.75 Å². The lowest BCUT2D eigenvalue weighted by Gasteiger charge is -2.16. The van der Waals surface area contributed by atoms with Crippen molar-refractivity contribution in [2.45, 2.75) is 17.8 Å². The molecule has 1 aromatic rings. The predicted molar refractivity (Wildman–Crippen MR) is 58.8 cm³/mol. The quantitative estimate of drug-likeness (QED) is 0.859. The third-order valence-corrected chi connectivity index (χ3v) is 3.37. The van der Waals surface area contributed by atoms with Gasteiger partial charge in [-0.2, -0.15) is 5.26 Å². The summed E-state index contributed by atoms with van der Waals surface area (Å²) in [5.74, 6) is -1.08. The lowest BCUT2D eigenvalue weighted by atomic mass is 10.1. The van der Waals surface area contributed by atoms with E-state index in [0.717, 1.165) is 12.1 Å². The normalized spacial score (nSPS) is 12.0. The number of rotatable bonds is 3. The van der Waals surface area contributed by atoms with Crippen molar-refractivity contribution >= 4 is 19.7 Å². The first-order valence-electron chi connectivity index (χ1n) is 4.56. The Labute approximate surface area is 110 Å². The van der Waals surface area contributed by atoms with Crippen LogP contribution in [0.2, 0.25) is 0 Å². The molecule has 10 heteroatoms. The zero-order valence-corrected chi connectivity index (χ0v) is 10.6. The largest absolute Gasteiger partial charge is 0.573 e. The molecule has 2 N–H and O–H groups in total. The Balaban J connectivity index is 3.65. The molecule has 0 aliphatic heterocycles. The molecule has 0 fully saturated rings. The average Bonchev–Trinajstić information content (AvgIpc) is 2.24. The van der Waals surface area contributed by atoms with Crippen LogP contribution in [0.1, 0.15) is 11.1 Å². The number of nitriles is 1. The van der Waals surface area contributed by atoms with Gasteiger partial charge < -0.3 is 10.5 Å². The third kappa shape index (κ3) is 3.73. The minimum Gasteiger partial charge on any atom is -0.404 e. The molecule has 104 valence electrons. The Morgan fingerprint density at radius 2 is 2.00 bits per heavy atom. The Bertz CT molecular complexity index is 637. The van der Waals surface area contributed by atoms with Crippen LogP contribution in [0.15, 0.2) is 17.0 Å². The van der Waals surface area contributed by atoms with Gasteiger partial charge in [-0.3, -0.25) is 0 Å². The fourth-order valence-electron chi connectivity index (χ4n) is 1.33. The highest BCUT2D eigenvalue weighted by Crippen LogP contribution is 2.36. The van der Waals surface area contributed by atoms with Crippen molar-refractivity contribution in [1.82, 2.24) is 0 Å². The molecule has 0 aliphatic rings. The molecule has 0 aromatic heterocycles. The predicted octanol–water partition coefficient (Wildman–Crippen LogP) is 1.84. The number of alkyl halides is 3. The van der Waals surface area contributed by atoms with Crippen LogP contribution in [-0.2, 0) is 15.6 Å². The molecule has 0 saturated carbocycles. The van der Waals surface area contributed by atoms with Gasteiger partial charge in [0.2, 0.25) is 0 Å². The van der Waals surface area contributed by atoms with Gasteiger partial charge in [0.25, 0.3) is 9.05 Å². The highest BCUT2D eigenvalue weighted by atomic mass is 35.7. The Kier molecular flexibility index (Phi) is 4.29. The first kappa shape index (κ1) is 15.6. The number of hydrogen-bond acceptors (Lipinski definition) is 5. The molecule has 0 heterocycles. The molecule has 0 spiro atoms. The van der Waals surface area contributed by atoms with Crippen LogP contribution in [0, 0.1) is 11.3 Å². The van der Waals surface area contributed by atoms with Crippen LogP contribution < -0.4 is 10.5 Å². The van der Waals surface area contributed by atoms with E-state index in [1.807, 2.05) is 0 Å². The molecule has 0 radical (unpaired) electrons. The fraction of sp³-hybridized carbons (Fsp3) is 0.222. The van der Waals surface area contributed by atoms with Crippen molar-refractivity contribution in [2.24, 2.45) is 5.73 Å². The van der Waals surface area contributed by atoms with Crippen LogP contribution in [0.4, 0.5) is 13.2 Å². The van der Waals surface area contributed by atoms with Gasteiger partial charge in [0, 0.05) is 22.8 Å². The maximum absolute atomic E-state index is 12.3. The number of ether oxygens (including phenoxy) is 1. The summed E-state index contributed by atoms with van der Waals surface area (Å²) in [6.07, 6.45) is -5.14. The summed E-state index contributed by atoms with van der Waals surface area (Å²) in [7, 11) is 0.537. The van der Waals surface area contributed by atoms with Gasteiger partial charge in [-0.1, -0.05) is 0 Å². The summed E-state index contributed by atoms with van der Waals surface area (Å²) < 4.78 is 62.9. The Morgan fingerprint density at radius 1 is 1.42 bits per heavy atom. The van der Waals surface area contributed by atoms with Crippen molar-refractivity contribution in [3.05, 3.63) is 23.3 Å². The van der Waals surface area contributed by atoms with Crippen molar-refractivity contribution in [1.29, 1.82) is 5.26 Å². The van der Waals surface area contributed by atoms with Crippen molar-refractivity contribution < 1.29 is 26.3 Å². The lowest BCUT2D eigenvalue weighted by molar-refractivity contribution is -0.275. The molecule has 0 atom stereocenters. The first-order chi connectivity index (χ1) is 8.60. The second-order valence-corrected chi connectivity index (χ2v) is 5.75. The number of nitrogens with two attached hydrogens (primary N) is 1. The van der Waals surface area contributed by atoms with Crippen LogP contribution in [0.3, 0.4) is 0 Å². The number of halogens is 4. The molecule has 5 nitrogen and oxygen atoms in total. The van der Waals surface area contributed by atoms with E-state index >= 15 is 0 Å². The van der Waals surface area contributed by atoms with Gasteiger partial charge in [0.1, 0.15) is 4.90 Å². The molecule has 0 unspecified atom stereocenters. The zero-order valence-electron chi connectivity index (χ0n) is 9.03. The van der Waals surface area contributed by atoms with E-state index in [1.165, 1.54) is 0 Å². The number of hydrogen-bond donors (Lipinski definition) is 1. The Hall–Kier alpha value is -1.50. The second kappa shape index (κ2) is 5.24. The minimum absolute atomic E-state index is 0.231. The van der Waals surface area contributed by atoms with Gasteiger partial charge in [0.15, 0.2) is 5.75 Å². The maximum atomic E-state index is 12.3. The molecule has 1 rings (SSSR count). The van der Waals surface area contributed by atoms with Crippen molar-refractivity contribution in [2.75, 3.05) is 0 Å². The molecule has 0 saturated heterocycles. The minimum atomic E-state index is -5.14. The molecule has 0 amide bonds. The van der Waals surface area contributed by atoms with Crippen molar-refractivity contribution in [3.63, 3.8) is 0 Å². The van der Waals surface area contributed by atoms with Crippen LogP contribution >= 0.6 is 10.7 Å². The third-order valence-electron chi connectivity index (χ3n) is 2.03. The molecule has 1 aromatic carbocycles. The molecule has 0 aliphatic carbocycles. The van der Waals surface area contributed by atoms with E-state index in [-0.39, 0.29) is 11.1 Å². The van der Waals surface area contributed by atoms with Crippen LogP contribution in [-0.4, -0.2) is 14.8 Å². The zero-order chi connectivity index (χ0) is 14.8. The van der Waals surface area contributed by atoms with Gasteiger partial charge in [-0.25, -0.2) is 8.42 Å². The second-order valence-electron chi connectivity index (χ2n) is 3.22. The van der Waals surface area contributed by atoms with E-state index in [1.54, 1.807) is 6.07 Å². The maximum Gasteiger partial charge on any atom is 0.573 e. The summed E-state index contributed by atoms with van der Waals surface area (Å²) in [6.45, 7) is -0.519. The fourth-order valence-corrected chi connectivity index (χ4v) is 2.31. The summed E-state index contributed by atoms with van der Waals surface area (Å²) in [5, 5.41) is 8.74. The first-order valence-corrected chi connectivity index (χ1v) is 6.87. The molecule has 0 bridgehead atoms. The standard InChI is InChI=1S/C9H6ClF3N2O3S/c10-19(16,17)7-2-1-5(3-14)6(4-15)8(7)18-9(11,12)13/h1-2H,4,15H2. The monoisotopic (exact) mass is 314 g/mol. The Morgan fingerprint density at radius 3 is 2.37 bits per heavy atom. The summed E-state index contributed by atoms with van der Waals surface area (Å²) in [5.41, 5.74) is 4.60. The van der Waals surface area contributed by atoms with E-state index in [0.29, 0.717) is 0 Å². The highest BCUT2D eigenvalue weighted by Gasteiger charge is 2.35. The smallest absolute Gasteiger partial charge is 0.404 e. The van der Waals surface area contributed by atoms with Gasteiger partial charge in [-0.15, -0.1) is 13.2 Å². The summed E-state index contributed by atoms with van der Waals surface area (Å²) in [6, 6.07) is 3.34. The van der Waals surface area contributed by atoms with Gasteiger partial charge in [0.05, 0.1) is 11.6 Å². The molecule has 19 heavy (non-hydrogen) atoms. The van der Waals surface area contributed by atoms with Crippen LogP contribution in [0.25, 0.3) is 0 Å². The van der Waals surface area contributed by atoms with E-state index < -0.39 is 32.6 Å². The highest BCUT2D eigenvalue weighted by molar-refractivity contribution is 8.13. The van der Waals surface area contributed by atoms with E-state index in [9.17, 15) is 21.6 Å². The lowest BCUT2D eigenvalue weighted by Crippen LogP contribution is -2.20. The summed E-state index contributed by atoms with van der Waals surface area (Å²) in [4.78, 5) is -0.897. The molecular weight excluding hydrogens is 309 g/mol. The topological polar surface area (TPSA) is 93.2 Å².